The molecule has 20 aromatic rings. The summed E-state index contributed by atoms with van der Waals surface area (Å²) < 4.78 is 69.2. The van der Waals surface area contributed by atoms with Gasteiger partial charge in [0.25, 0.3) is 0 Å². The lowest BCUT2D eigenvalue weighted by Crippen LogP contribution is -2.22. The number of rotatable bonds is 20. The number of hydrogen-bond acceptors (Lipinski definition) is 13. The normalized spacial score (nSPS) is 11.4. The van der Waals surface area contributed by atoms with Crippen LogP contribution in [0, 0.1) is 58.8 Å². The third-order valence-electron chi connectivity index (χ3n) is 22.7. The molecule has 0 spiro atoms. The molecule has 1 saturated carbocycles. The topological polar surface area (TPSA) is 376 Å². The zero-order valence-electron chi connectivity index (χ0n) is 75.0. The van der Waals surface area contributed by atoms with Crippen LogP contribution < -0.4 is 32.3 Å². The number of para-hydroxylation sites is 1. The number of nitrogens with zero attached hydrogens (tertiary/aromatic N) is 6. The number of carbonyl (C=O) groups is 6. The van der Waals surface area contributed by atoms with Gasteiger partial charge in [-0.2, -0.15) is 0 Å². The number of ketones is 1. The summed E-state index contributed by atoms with van der Waals surface area (Å²) >= 11 is 24.4. The minimum absolute atomic E-state index is 0.0105. The number of nitrogens with one attached hydrogen (secondary N) is 12. The van der Waals surface area contributed by atoms with Crippen molar-refractivity contribution in [2.75, 3.05) is 26.6 Å². The molecule has 0 bridgehead atoms. The van der Waals surface area contributed by atoms with Crippen LogP contribution >= 0.6 is 46.4 Å². The Morgan fingerprint density at radius 3 is 1.27 bits per heavy atom. The molecule has 0 saturated heterocycles. The molecule has 13 aromatic heterocycles. The molecule has 143 heavy (non-hydrogen) atoms. The summed E-state index contributed by atoms with van der Waals surface area (Å²) in [5.74, 6) is -1.70. The summed E-state index contributed by atoms with van der Waals surface area (Å²) in [6.45, 7) is 13.4. The van der Waals surface area contributed by atoms with Crippen molar-refractivity contribution in [1.29, 1.82) is 0 Å². The van der Waals surface area contributed by atoms with Crippen molar-refractivity contribution in [2.45, 2.75) is 25.7 Å². The number of allylic oxidation sites excluding steroid dienone is 1. The number of H-pyrrole nitrogens is 7. The number of carbonyl (C=O) groups excluding carboxylic acids is 6. The van der Waals surface area contributed by atoms with Crippen LogP contribution in [0.2, 0.25) is 20.1 Å². The number of halogens is 9. The van der Waals surface area contributed by atoms with Crippen molar-refractivity contribution >= 4 is 187 Å². The maximum absolute atomic E-state index is 14.1. The summed E-state index contributed by atoms with van der Waals surface area (Å²) in [6, 6.07) is 58.2. The monoisotopic (exact) mass is 1980 g/mol. The smallest absolute Gasteiger partial charge is 0.247 e. The predicted molar refractivity (Wildman–Crippen MR) is 556 cm³/mol. The zero-order chi connectivity index (χ0) is 101. The molecular weight excluding hydrogens is 1910 g/mol. The van der Waals surface area contributed by atoms with Crippen molar-refractivity contribution in [3.63, 3.8) is 0 Å². The number of fused-ring (bicyclic) bond motifs is 7. The maximum Gasteiger partial charge on any atom is 0.247 e. The van der Waals surface area contributed by atoms with Crippen LogP contribution in [0.3, 0.4) is 0 Å². The second kappa shape index (κ2) is 43.7. The minimum atomic E-state index is -1.14. The van der Waals surface area contributed by atoms with Gasteiger partial charge in [-0.15, -0.1) is 6.42 Å². The molecule has 13 heterocycles. The summed E-state index contributed by atoms with van der Waals surface area (Å²) in [6.07, 6.45) is 31.9. The summed E-state index contributed by atoms with van der Waals surface area (Å²) in [7, 11) is 0. The second-order valence-electron chi connectivity index (χ2n) is 32.1. The molecule has 21 rings (SSSR count). The minimum Gasteiger partial charge on any atom is -0.359 e. The van der Waals surface area contributed by atoms with E-state index >= 15 is 0 Å². The van der Waals surface area contributed by atoms with E-state index in [0.717, 1.165) is 148 Å². The van der Waals surface area contributed by atoms with Gasteiger partial charge in [0, 0.05) is 192 Å². The number of benzene rings is 7. The zero-order valence-corrected chi connectivity index (χ0v) is 78.0. The molecule has 708 valence electrons. The predicted octanol–water partition coefficient (Wildman–Crippen LogP) is 25.1. The Bertz CT molecular complexity index is 8510. The number of aromatic amines is 7. The van der Waals surface area contributed by atoms with E-state index in [1.54, 1.807) is 80.0 Å². The quantitative estimate of drug-likeness (QED) is 0.0146. The molecule has 7 aromatic carbocycles. The van der Waals surface area contributed by atoms with Crippen molar-refractivity contribution in [3.05, 3.63) is 368 Å². The molecule has 25 nitrogen and oxygen atoms in total. The first-order chi connectivity index (χ1) is 69.1. The van der Waals surface area contributed by atoms with E-state index in [-0.39, 0.29) is 47.7 Å². The number of hydrogen-bond donors (Lipinski definition) is 13. The molecule has 1 aliphatic carbocycles. The van der Waals surface area contributed by atoms with Gasteiger partial charge in [0.1, 0.15) is 45.1 Å². The van der Waals surface area contributed by atoms with Gasteiger partial charge in [-0.3, -0.25) is 28.8 Å². The van der Waals surface area contributed by atoms with Gasteiger partial charge in [0.15, 0.2) is 29.1 Å². The van der Waals surface area contributed by atoms with Gasteiger partial charge in [0.2, 0.25) is 29.5 Å². The van der Waals surface area contributed by atoms with E-state index in [9.17, 15) is 50.7 Å². The first-order valence-electron chi connectivity index (χ1n) is 43.5. The molecule has 14 N–H and O–H groups in total. The van der Waals surface area contributed by atoms with Crippen molar-refractivity contribution in [3.8, 4) is 102 Å². The molecular formula is C109H78Cl4F5N19O6. The fourth-order valence-electron chi connectivity index (χ4n) is 15.1. The Morgan fingerprint density at radius 1 is 0.406 bits per heavy atom. The molecule has 5 amide bonds. The first kappa shape index (κ1) is 98.0. The van der Waals surface area contributed by atoms with Crippen LogP contribution in [0.4, 0.5) is 50.4 Å². The van der Waals surface area contributed by atoms with Gasteiger partial charge >= 0.3 is 0 Å². The summed E-state index contributed by atoms with van der Waals surface area (Å²) in [5.41, 5.74) is 22.9. The number of terminal acetylenes is 1. The highest BCUT2D eigenvalue weighted by atomic mass is 35.5. The van der Waals surface area contributed by atoms with E-state index in [1.807, 2.05) is 122 Å². The molecule has 34 heteroatoms. The lowest BCUT2D eigenvalue weighted by molar-refractivity contribution is -0.119. The molecule has 0 unspecified atom stereocenters. The molecule has 0 atom stereocenters. The Balaban J connectivity index is 0.000000124. The van der Waals surface area contributed by atoms with Crippen LogP contribution in [0.25, 0.3) is 155 Å². The number of nitrogens with two attached hydrogens (primary N) is 1. The van der Waals surface area contributed by atoms with Crippen molar-refractivity contribution < 1.29 is 50.7 Å². The van der Waals surface area contributed by atoms with E-state index in [1.165, 1.54) is 41.9 Å². The maximum atomic E-state index is 14.1. The van der Waals surface area contributed by atoms with E-state index in [2.05, 4.69) is 160 Å². The Morgan fingerprint density at radius 2 is 0.818 bits per heavy atom. The van der Waals surface area contributed by atoms with E-state index < -0.39 is 46.3 Å². The highest BCUT2D eigenvalue weighted by Crippen LogP contribution is 2.46. The molecule has 0 radical (unpaired) electrons. The summed E-state index contributed by atoms with van der Waals surface area (Å²) in [5, 5.41) is 21.5. The largest absolute Gasteiger partial charge is 0.359 e. The van der Waals surface area contributed by atoms with Gasteiger partial charge in [0.05, 0.1) is 37.9 Å². The van der Waals surface area contributed by atoms with E-state index in [4.69, 9.17) is 58.6 Å². The van der Waals surface area contributed by atoms with Crippen LogP contribution in [-0.4, -0.2) is 100 Å². The average molecular weight is 1990 g/mol. The standard InChI is InChI=1S/C24H18N4O.C19H14ClN3O.C17H12ClFN2O.C17H13ClN4O.C16H10ClF2N3O.C16H11F2N3O/c1-2-23(29)27-18-8-5-7-15(10-18)17-11-19-20(14-26-24(19)25-13-17)22-12-16-6-3-4-9-21(16)28-22;1-2-19(6-7-19)18(24)23-14-5-3-4-12(8-14)13-9-15-16(20)11-22-17(15)21-10-13;1-2-13(22)5-11-4-3-10(7-16(11)19)12-6-14-15(18)9-21-17(14)20-8-12;18-15-10-21-17-14(15)8-12(9-20-17)11-3-1-4-13(7-11)22-16(23)5-2-6-19;1-2-14(23)22-13-5-8(4-12(18)15(13)19)9-3-10-11(17)7-21-16(10)20-6-9;1-2-14(22)21-13-7-10(6-12(17)15(13)18)11-5-9-3-4-19-16(9)20-8-11/h2-14,28H,1H2,(H,25,26)(H,27,29);1,3-5,8-11H,6-7H2,(H,21,22)(H,23,24);2-4,6-9H,1,5H2,(H,20,21);1,3-4,7-10H,5,19H2,(H,20,21)(H,22,23);2-7H,1H2,(H,20,21)(H,22,23);2-8H,1H2,(H,19,20)(H,21,22). The van der Waals surface area contributed by atoms with Crippen LogP contribution in [0.5, 0.6) is 0 Å². The Labute approximate surface area is 830 Å². The number of anilines is 5. The lowest BCUT2D eigenvalue weighted by Gasteiger charge is -2.11. The highest BCUT2D eigenvalue weighted by molar-refractivity contribution is 6.37. The van der Waals surface area contributed by atoms with E-state index in [0.29, 0.717) is 81.5 Å². The Kier molecular flexibility index (Phi) is 30.0. The molecule has 1 aliphatic rings. The molecule has 0 aliphatic heterocycles. The van der Waals surface area contributed by atoms with Crippen LogP contribution in [-0.2, 0) is 35.2 Å². The lowest BCUT2D eigenvalue weighted by atomic mass is 10.0. The molecule has 1 fully saturated rings. The van der Waals surface area contributed by atoms with Gasteiger partial charge < -0.3 is 67.2 Å². The Hall–Kier alpha value is -18.1. The third kappa shape index (κ3) is 23.0. The fourth-order valence-corrected chi connectivity index (χ4v) is 15.9. The SMILES string of the molecule is C#CC1(C(=O)Nc2cccc(-c3cnc4[nH]cc(Cl)c4c3)c2)CC1.C=CC(=O)Cc1ccc(-c2cnc3[nH]cc(Cl)c3c2)cc1F.C=CC(=O)Nc1cc(-c2cnc3[nH]cc(Cl)c3c2)cc(F)c1F.C=CC(=O)Nc1cc(-c2cnc3[nH]ccc3c2)cc(F)c1F.C=CC(=O)Nc1cccc(-c2cnc3[nH]cc(-c4cc5ccccc5[nH]4)c3c2)c1.NC#CCC(=O)Nc1cccc(-c2cnc3[nH]cc(Cl)c3c2)c1. The van der Waals surface area contributed by atoms with Gasteiger partial charge in [-0.25, -0.2) is 51.9 Å². The average Bonchev–Trinajstić information content (AvgIpc) is 1.67. The van der Waals surface area contributed by atoms with Gasteiger partial charge in [-0.1, -0.05) is 151 Å². The fraction of sp³-hybridized carbons (Fsp3) is 0.0459. The highest BCUT2D eigenvalue weighted by Gasteiger charge is 2.48. The van der Waals surface area contributed by atoms with Crippen LogP contribution in [0.1, 0.15) is 24.8 Å². The second-order valence-corrected chi connectivity index (χ2v) is 33.7. The number of aromatic nitrogens is 13. The van der Waals surface area contributed by atoms with Crippen molar-refractivity contribution in [2.24, 2.45) is 11.1 Å². The summed E-state index contributed by atoms with van der Waals surface area (Å²) in [4.78, 5) is 117. The first-order valence-corrected chi connectivity index (χ1v) is 45.0. The number of pyridine rings is 6. The van der Waals surface area contributed by atoms with Crippen LogP contribution in [0.15, 0.2) is 313 Å². The number of amides is 5. The third-order valence-corrected chi connectivity index (χ3v) is 23.9. The van der Waals surface area contributed by atoms with Crippen molar-refractivity contribution in [1.82, 2.24) is 64.8 Å². The van der Waals surface area contributed by atoms with Gasteiger partial charge in [-0.05, 0) is 197 Å².